The molecular weight excluding hydrogens is 480 g/mol. The number of hydrogen-bond donors (Lipinski definition) is 1. The van der Waals surface area contributed by atoms with Crippen molar-refractivity contribution < 1.29 is 14.3 Å². The lowest BCUT2D eigenvalue weighted by Crippen LogP contribution is -2.51. The zero-order valence-electron chi connectivity index (χ0n) is 22.3. The minimum atomic E-state index is -0.600. The van der Waals surface area contributed by atoms with Gasteiger partial charge in [0, 0.05) is 25.3 Å². The highest BCUT2D eigenvalue weighted by Crippen LogP contribution is 2.20. The summed E-state index contributed by atoms with van der Waals surface area (Å²) < 4.78 is 5.23. The standard InChI is InChI=1S/C31H38N2O3S/c1-23(2)19-32-31(35)29(18-25-8-6-5-7-9-25)33(20-26-12-10-24(3)11-13-26)30(34)22-37-21-27-14-16-28(36-4)17-15-27/h5-17,23,29H,18-22H2,1-4H3,(H,32,35). The summed E-state index contributed by atoms with van der Waals surface area (Å²) in [6.45, 7) is 7.13. The van der Waals surface area contributed by atoms with Crippen LogP contribution in [0.1, 0.15) is 36.1 Å². The normalized spacial score (nSPS) is 11.7. The van der Waals surface area contributed by atoms with Crippen LogP contribution in [0.3, 0.4) is 0 Å². The van der Waals surface area contributed by atoms with E-state index < -0.39 is 6.04 Å². The number of nitrogens with zero attached hydrogens (tertiary/aromatic N) is 1. The first-order valence-corrected chi connectivity index (χ1v) is 13.9. The Balaban J connectivity index is 1.81. The van der Waals surface area contributed by atoms with Crippen LogP contribution in [0.4, 0.5) is 0 Å². The second-order valence-corrected chi connectivity index (χ2v) is 10.7. The summed E-state index contributed by atoms with van der Waals surface area (Å²) in [4.78, 5) is 28.9. The molecule has 1 atom stereocenters. The predicted molar refractivity (Wildman–Crippen MR) is 153 cm³/mol. The summed E-state index contributed by atoms with van der Waals surface area (Å²) in [6.07, 6.45) is 0.464. The third-order valence-electron chi connectivity index (χ3n) is 6.08. The van der Waals surface area contributed by atoms with E-state index in [1.807, 2.05) is 85.8 Å². The van der Waals surface area contributed by atoms with Crippen molar-refractivity contribution >= 4 is 23.6 Å². The molecule has 5 nitrogen and oxygen atoms in total. The van der Waals surface area contributed by atoms with Crippen molar-refractivity contribution in [2.75, 3.05) is 19.4 Å². The molecule has 0 saturated heterocycles. The van der Waals surface area contributed by atoms with Gasteiger partial charge >= 0.3 is 0 Å². The van der Waals surface area contributed by atoms with Gasteiger partial charge in [0.2, 0.25) is 11.8 Å². The molecule has 0 spiro atoms. The molecule has 2 amide bonds. The van der Waals surface area contributed by atoms with E-state index in [0.29, 0.717) is 36.9 Å². The second-order valence-electron chi connectivity index (χ2n) is 9.69. The lowest BCUT2D eigenvalue weighted by Gasteiger charge is -2.32. The molecule has 0 aromatic heterocycles. The van der Waals surface area contributed by atoms with Gasteiger partial charge in [0.25, 0.3) is 0 Å². The molecule has 0 bridgehead atoms. The zero-order valence-corrected chi connectivity index (χ0v) is 23.1. The Hall–Kier alpha value is -3.25. The number of thioether (sulfide) groups is 1. The number of ether oxygens (including phenoxy) is 1. The Labute approximate surface area is 225 Å². The third kappa shape index (κ3) is 9.29. The fraction of sp³-hybridized carbons (Fsp3) is 0.355. The van der Waals surface area contributed by atoms with Crippen LogP contribution in [0.15, 0.2) is 78.9 Å². The molecule has 37 heavy (non-hydrogen) atoms. The fourth-order valence-corrected chi connectivity index (χ4v) is 4.80. The van der Waals surface area contributed by atoms with Crippen molar-refractivity contribution in [3.63, 3.8) is 0 Å². The molecule has 0 aliphatic rings. The van der Waals surface area contributed by atoms with Gasteiger partial charge < -0.3 is 15.0 Å². The molecule has 3 aromatic carbocycles. The molecule has 0 fully saturated rings. The Morgan fingerprint density at radius 2 is 1.54 bits per heavy atom. The van der Waals surface area contributed by atoms with E-state index in [4.69, 9.17) is 4.74 Å². The van der Waals surface area contributed by atoms with Gasteiger partial charge in [-0.2, -0.15) is 0 Å². The van der Waals surface area contributed by atoms with E-state index in [-0.39, 0.29) is 11.8 Å². The van der Waals surface area contributed by atoms with Crippen LogP contribution in [0.25, 0.3) is 0 Å². The van der Waals surface area contributed by atoms with Crippen LogP contribution < -0.4 is 10.1 Å². The monoisotopic (exact) mass is 518 g/mol. The van der Waals surface area contributed by atoms with Gasteiger partial charge in [-0.3, -0.25) is 9.59 Å². The highest BCUT2D eigenvalue weighted by Gasteiger charge is 2.30. The molecule has 1 unspecified atom stereocenters. The Morgan fingerprint density at radius 3 is 2.16 bits per heavy atom. The van der Waals surface area contributed by atoms with Crippen LogP contribution in [0, 0.1) is 12.8 Å². The van der Waals surface area contributed by atoms with Gasteiger partial charge in [-0.05, 0) is 41.7 Å². The van der Waals surface area contributed by atoms with Crippen molar-refractivity contribution in [2.24, 2.45) is 5.92 Å². The van der Waals surface area contributed by atoms with Crippen LogP contribution in [0.5, 0.6) is 5.75 Å². The van der Waals surface area contributed by atoms with E-state index in [1.54, 1.807) is 23.8 Å². The summed E-state index contributed by atoms with van der Waals surface area (Å²) in [5.74, 6) is 1.98. The highest BCUT2D eigenvalue weighted by molar-refractivity contribution is 7.99. The Kier molecular flexibility index (Phi) is 11.1. The van der Waals surface area contributed by atoms with Gasteiger partial charge in [0.15, 0.2) is 0 Å². The van der Waals surface area contributed by atoms with Gasteiger partial charge in [0.05, 0.1) is 12.9 Å². The van der Waals surface area contributed by atoms with E-state index in [2.05, 4.69) is 19.2 Å². The number of hydrogen-bond acceptors (Lipinski definition) is 4. The molecule has 196 valence electrons. The number of nitrogens with one attached hydrogen (secondary N) is 1. The fourth-order valence-electron chi connectivity index (χ4n) is 3.93. The second kappa shape index (κ2) is 14.5. The summed E-state index contributed by atoms with van der Waals surface area (Å²) in [5, 5.41) is 3.07. The maximum atomic E-state index is 13.7. The number of aryl methyl sites for hydroxylation is 1. The first kappa shape index (κ1) is 28.3. The van der Waals surface area contributed by atoms with Crippen LogP contribution in [-0.2, 0) is 28.3 Å². The molecule has 3 rings (SSSR count). The largest absolute Gasteiger partial charge is 0.497 e. The molecular formula is C31H38N2O3S. The van der Waals surface area contributed by atoms with Crippen molar-refractivity contribution in [3.05, 3.63) is 101 Å². The molecule has 0 heterocycles. The van der Waals surface area contributed by atoms with Crippen molar-refractivity contribution in [2.45, 2.75) is 45.5 Å². The molecule has 0 aliphatic carbocycles. The zero-order chi connectivity index (χ0) is 26.6. The number of carbonyl (C=O) groups excluding carboxylic acids is 2. The minimum absolute atomic E-state index is 0.0419. The molecule has 1 N–H and O–H groups in total. The molecule has 6 heteroatoms. The lowest BCUT2D eigenvalue weighted by atomic mass is 10.0. The topological polar surface area (TPSA) is 58.6 Å². The third-order valence-corrected chi connectivity index (χ3v) is 7.07. The number of methoxy groups -OCH3 is 1. The van der Waals surface area contributed by atoms with Gasteiger partial charge in [0.1, 0.15) is 11.8 Å². The minimum Gasteiger partial charge on any atom is -0.497 e. The molecule has 0 aliphatic heterocycles. The average molecular weight is 519 g/mol. The number of rotatable bonds is 13. The SMILES string of the molecule is COc1ccc(CSCC(=O)N(Cc2ccc(C)cc2)C(Cc2ccccc2)C(=O)NCC(C)C)cc1. The maximum absolute atomic E-state index is 13.7. The summed E-state index contributed by atoms with van der Waals surface area (Å²) in [7, 11) is 1.65. The average Bonchev–Trinajstić information content (AvgIpc) is 2.91. The van der Waals surface area contributed by atoms with E-state index >= 15 is 0 Å². The summed E-state index contributed by atoms with van der Waals surface area (Å²) in [5.41, 5.74) is 4.32. The number of carbonyl (C=O) groups is 2. The quantitative estimate of drug-likeness (QED) is 0.318. The van der Waals surface area contributed by atoms with Gasteiger partial charge in [-0.25, -0.2) is 0 Å². The lowest BCUT2D eigenvalue weighted by molar-refractivity contribution is -0.139. The van der Waals surface area contributed by atoms with Crippen LogP contribution >= 0.6 is 11.8 Å². The van der Waals surface area contributed by atoms with Gasteiger partial charge in [-0.15, -0.1) is 11.8 Å². The molecule has 0 saturated carbocycles. The van der Waals surface area contributed by atoms with Crippen LogP contribution in [-0.4, -0.2) is 42.2 Å². The van der Waals surface area contributed by atoms with E-state index in [1.165, 1.54) is 0 Å². The highest BCUT2D eigenvalue weighted by atomic mass is 32.2. The Morgan fingerprint density at radius 1 is 0.892 bits per heavy atom. The number of amides is 2. The first-order chi connectivity index (χ1) is 17.9. The molecule has 0 radical (unpaired) electrons. The Bertz CT molecular complexity index is 1120. The van der Waals surface area contributed by atoms with E-state index in [0.717, 1.165) is 28.0 Å². The van der Waals surface area contributed by atoms with Crippen molar-refractivity contribution in [1.29, 1.82) is 0 Å². The van der Waals surface area contributed by atoms with Gasteiger partial charge in [-0.1, -0.05) is 86.1 Å². The first-order valence-electron chi connectivity index (χ1n) is 12.7. The van der Waals surface area contributed by atoms with Crippen molar-refractivity contribution in [3.8, 4) is 5.75 Å². The smallest absolute Gasteiger partial charge is 0.243 e. The van der Waals surface area contributed by atoms with E-state index in [9.17, 15) is 9.59 Å². The summed E-state index contributed by atoms with van der Waals surface area (Å²) in [6, 6.07) is 25.3. The maximum Gasteiger partial charge on any atom is 0.243 e. The predicted octanol–water partition coefficient (Wildman–Crippen LogP) is 5.65. The summed E-state index contributed by atoms with van der Waals surface area (Å²) >= 11 is 1.56. The van der Waals surface area contributed by atoms with Crippen molar-refractivity contribution in [1.82, 2.24) is 10.2 Å². The van der Waals surface area contributed by atoms with Crippen LogP contribution in [0.2, 0.25) is 0 Å². The molecule has 3 aromatic rings. The number of benzene rings is 3.